The first-order valence-electron chi connectivity index (χ1n) is 5.73. The van der Waals surface area contributed by atoms with Gasteiger partial charge >= 0.3 is 0 Å². The van der Waals surface area contributed by atoms with Crippen LogP contribution in [-0.2, 0) is 4.74 Å². The van der Waals surface area contributed by atoms with Gasteiger partial charge in [-0.2, -0.15) is 0 Å². The maximum Gasteiger partial charge on any atom is 0.0480 e. The van der Waals surface area contributed by atoms with Crippen LogP contribution in [0.1, 0.15) is 37.1 Å². The largest absolute Gasteiger partial charge is 0.381 e. The van der Waals surface area contributed by atoms with Crippen LogP contribution >= 0.6 is 11.3 Å². The molecular formula is C12H19NOS. The summed E-state index contributed by atoms with van der Waals surface area (Å²) in [7, 11) is 0. The Kier molecular flexibility index (Phi) is 4.18. The van der Waals surface area contributed by atoms with Crippen molar-refractivity contribution < 1.29 is 4.74 Å². The molecular weight excluding hydrogens is 206 g/mol. The van der Waals surface area contributed by atoms with Gasteiger partial charge in [0.2, 0.25) is 0 Å². The molecule has 0 bridgehead atoms. The van der Waals surface area contributed by atoms with Crippen LogP contribution in [0.15, 0.2) is 17.5 Å². The van der Waals surface area contributed by atoms with E-state index in [0.29, 0.717) is 12.1 Å². The highest BCUT2D eigenvalue weighted by Gasteiger charge is 2.15. The minimum absolute atomic E-state index is 0.480. The van der Waals surface area contributed by atoms with Gasteiger partial charge in [0.25, 0.3) is 0 Å². The predicted octanol–water partition coefficient (Wildman–Crippen LogP) is 2.97. The van der Waals surface area contributed by atoms with E-state index in [1.807, 2.05) is 11.3 Å². The molecule has 2 atom stereocenters. The quantitative estimate of drug-likeness (QED) is 0.854. The standard InChI is InChI=1S/C12H19NOS/c1-10(12-5-3-9-15-12)13-11-4-2-7-14-8-6-11/h3,5,9-11,13H,2,4,6-8H2,1H3. The van der Waals surface area contributed by atoms with E-state index in [2.05, 4.69) is 29.8 Å². The summed E-state index contributed by atoms with van der Waals surface area (Å²) in [5, 5.41) is 5.83. The summed E-state index contributed by atoms with van der Waals surface area (Å²) in [5.74, 6) is 0. The second-order valence-electron chi connectivity index (χ2n) is 4.14. The van der Waals surface area contributed by atoms with Gasteiger partial charge in [0, 0.05) is 30.2 Å². The van der Waals surface area contributed by atoms with E-state index in [0.717, 1.165) is 19.6 Å². The van der Waals surface area contributed by atoms with Gasteiger partial charge in [-0.1, -0.05) is 6.07 Å². The molecule has 1 N–H and O–H groups in total. The van der Waals surface area contributed by atoms with E-state index in [1.165, 1.54) is 17.7 Å². The molecule has 15 heavy (non-hydrogen) atoms. The first kappa shape index (κ1) is 11.1. The van der Waals surface area contributed by atoms with Crippen molar-refractivity contribution in [3.8, 4) is 0 Å². The highest BCUT2D eigenvalue weighted by molar-refractivity contribution is 7.10. The Hall–Kier alpha value is -0.380. The fourth-order valence-corrected chi connectivity index (χ4v) is 2.79. The zero-order valence-electron chi connectivity index (χ0n) is 9.24. The van der Waals surface area contributed by atoms with Gasteiger partial charge in [-0.25, -0.2) is 0 Å². The third-order valence-electron chi connectivity index (χ3n) is 2.91. The number of hydrogen-bond acceptors (Lipinski definition) is 3. The summed E-state index contributed by atoms with van der Waals surface area (Å²) in [4.78, 5) is 1.43. The van der Waals surface area contributed by atoms with Gasteiger partial charge < -0.3 is 10.1 Å². The molecule has 0 spiro atoms. The van der Waals surface area contributed by atoms with Gasteiger partial charge in [-0.3, -0.25) is 0 Å². The van der Waals surface area contributed by atoms with E-state index in [1.54, 1.807) is 0 Å². The average Bonchev–Trinajstić information content (AvgIpc) is 2.65. The van der Waals surface area contributed by atoms with Crippen LogP contribution in [0.2, 0.25) is 0 Å². The number of thiophene rings is 1. The number of nitrogens with one attached hydrogen (secondary N) is 1. The van der Waals surface area contributed by atoms with Crippen LogP contribution in [0.4, 0.5) is 0 Å². The minimum atomic E-state index is 0.480. The molecule has 2 heterocycles. The highest BCUT2D eigenvalue weighted by Crippen LogP contribution is 2.20. The van der Waals surface area contributed by atoms with E-state index >= 15 is 0 Å². The lowest BCUT2D eigenvalue weighted by Gasteiger charge is -2.20. The molecule has 1 aliphatic rings. The lowest BCUT2D eigenvalue weighted by Crippen LogP contribution is -2.31. The molecule has 0 radical (unpaired) electrons. The molecule has 2 rings (SSSR count). The molecule has 2 nitrogen and oxygen atoms in total. The van der Waals surface area contributed by atoms with Crippen molar-refractivity contribution in [2.75, 3.05) is 13.2 Å². The first-order valence-corrected chi connectivity index (χ1v) is 6.61. The Balaban J connectivity index is 1.84. The normalized spacial score (nSPS) is 24.7. The number of ether oxygens (including phenoxy) is 1. The summed E-state index contributed by atoms with van der Waals surface area (Å²) in [6, 6.07) is 5.43. The second kappa shape index (κ2) is 5.64. The average molecular weight is 225 g/mol. The molecule has 2 unspecified atom stereocenters. The monoisotopic (exact) mass is 225 g/mol. The molecule has 1 aliphatic heterocycles. The van der Waals surface area contributed by atoms with Crippen molar-refractivity contribution in [2.45, 2.75) is 38.3 Å². The third kappa shape index (κ3) is 3.30. The topological polar surface area (TPSA) is 21.3 Å². The Morgan fingerprint density at radius 1 is 1.47 bits per heavy atom. The van der Waals surface area contributed by atoms with Crippen molar-refractivity contribution in [1.82, 2.24) is 5.32 Å². The van der Waals surface area contributed by atoms with Crippen LogP contribution in [-0.4, -0.2) is 19.3 Å². The molecule has 1 aromatic heterocycles. The van der Waals surface area contributed by atoms with Crippen LogP contribution < -0.4 is 5.32 Å². The Labute approximate surface area is 95.6 Å². The SMILES string of the molecule is CC(NC1CCCOCC1)c1cccs1. The van der Waals surface area contributed by atoms with Gasteiger partial charge in [-0.15, -0.1) is 11.3 Å². The van der Waals surface area contributed by atoms with Crippen LogP contribution in [0.3, 0.4) is 0 Å². The highest BCUT2D eigenvalue weighted by atomic mass is 32.1. The maximum absolute atomic E-state index is 5.46. The molecule has 1 aromatic rings. The van der Waals surface area contributed by atoms with Crippen LogP contribution in [0, 0.1) is 0 Å². The molecule has 0 aliphatic carbocycles. The molecule has 84 valence electrons. The van der Waals surface area contributed by atoms with Crippen LogP contribution in [0.25, 0.3) is 0 Å². The molecule has 0 aromatic carbocycles. The Morgan fingerprint density at radius 3 is 3.20 bits per heavy atom. The van der Waals surface area contributed by atoms with E-state index in [-0.39, 0.29) is 0 Å². The smallest absolute Gasteiger partial charge is 0.0480 e. The van der Waals surface area contributed by atoms with Crippen molar-refractivity contribution in [3.05, 3.63) is 22.4 Å². The van der Waals surface area contributed by atoms with Crippen LogP contribution in [0.5, 0.6) is 0 Å². The van der Waals surface area contributed by atoms with E-state index in [9.17, 15) is 0 Å². The molecule has 0 saturated carbocycles. The van der Waals surface area contributed by atoms with E-state index in [4.69, 9.17) is 4.74 Å². The second-order valence-corrected chi connectivity index (χ2v) is 5.12. The van der Waals surface area contributed by atoms with Gasteiger partial charge in [0.1, 0.15) is 0 Å². The zero-order valence-corrected chi connectivity index (χ0v) is 10.1. The lowest BCUT2D eigenvalue weighted by molar-refractivity contribution is 0.142. The van der Waals surface area contributed by atoms with Gasteiger partial charge in [-0.05, 0) is 37.6 Å². The minimum Gasteiger partial charge on any atom is -0.381 e. The van der Waals surface area contributed by atoms with E-state index < -0.39 is 0 Å². The summed E-state index contributed by atoms with van der Waals surface area (Å²) in [6.45, 7) is 4.10. The lowest BCUT2D eigenvalue weighted by atomic mass is 10.1. The fraction of sp³-hybridized carbons (Fsp3) is 0.667. The Bertz CT molecular complexity index is 265. The van der Waals surface area contributed by atoms with Crippen molar-refractivity contribution in [3.63, 3.8) is 0 Å². The first-order chi connectivity index (χ1) is 7.36. The van der Waals surface area contributed by atoms with Crippen molar-refractivity contribution in [2.24, 2.45) is 0 Å². The number of hydrogen-bond donors (Lipinski definition) is 1. The fourth-order valence-electron chi connectivity index (χ4n) is 2.04. The molecule has 1 fully saturated rings. The molecule has 1 saturated heterocycles. The summed E-state index contributed by atoms with van der Waals surface area (Å²) >= 11 is 1.83. The summed E-state index contributed by atoms with van der Waals surface area (Å²) in [5.41, 5.74) is 0. The van der Waals surface area contributed by atoms with Gasteiger partial charge in [0.05, 0.1) is 0 Å². The molecule has 0 amide bonds. The Morgan fingerprint density at radius 2 is 2.40 bits per heavy atom. The summed E-state index contributed by atoms with van der Waals surface area (Å²) < 4.78 is 5.46. The number of rotatable bonds is 3. The molecule has 3 heteroatoms. The van der Waals surface area contributed by atoms with Crippen molar-refractivity contribution in [1.29, 1.82) is 0 Å². The van der Waals surface area contributed by atoms with Gasteiger partial charge in [0.15, 0.2) is 0 Å². The van der Waals surface area contributed by atoms with Crippen molar-refractivity contribution >= 4 is 11.3 Å². The maximum atomic E-state index is 5.46. The predicted molar refractivity (Wildman–Crippen MR) is 64.3 cm³/mol. The summed E-state index contributed by atoms with van der Waals surface area (Å²) in [6.07, 6.45) is 3.58. The third-order valence-corrected chi connectivity index (χ3v) is 3.96. The zero-order chi connectivity index (χ0) is 10.5.